The monoisotopic (exact) mass is 355 g/mol. The van der Waals surface area contributed by atoms with E-state index in [1.807, 2.05) is 54.2 Å². The Bertz CT molecular complexity index is 791. The second-order valence-corrected chi connectivity index (χ2v) is 6.71. The van der Waals surface area contributed by atoms with Crippen LogP contribution in [0.2, 0.25) is 0 Å². The van der Waals surface area contributed by atoms with Gasteiger partial charge < -0.3 is 19.5 Å². The van der Waals surface area contributed by atoms with Crippen LogP contribution < -0.4 is 4.74 Å². The molecule has 0 radical (unpaired) electrons. The van der Waals surface area contributed by atoms with Crippen LogP contribution in [0.15, 0.2) is 30.6 Å². The third-order valence-electron chi connectivity index (χ3n) is 4.91. The molecule has 26 heavy (non-hydrogen) atoms. The van der Waals surface area contributed by atoms with E-state index in [0.717, 1.165) is 22.4 Å². The fourth-order valence-corrected chi connectivity index (χ4v) is 3.32. The van der Waals surface area contributed by atoms with E-state index >= 15 is 0 Å². The van der Waals surface area contributed by atoms with Crippen molar-refractivity contribution in [2.24, 2.45) is 0 Å². The number of ether oxygens (including phenoxy) is 1. The Kier molecular flexibility index (Phi) is 5.30. The van der Waals surface area contributed by atoms with E-state index in [0.29, 0.717) is 38.2 Å². The summed E-state index contributed by atoms with van der Waals surface area (Å²) in [5, 5.41) is 0. The SMILES string of the molecule is COc1cc(C)c(C(=O)N2CCN(C(=O)Cc3cc[nH]c3)CC2)cc1C. The first-order chi connectivity index (χ1) is 12.5. The third kappa shape index (κ3) is 3.74. The molecule has 1 aliphatic heterocycles. The van der Waals surface area contributed by atoms with Gasteiger partial charge >= 0.3 is 0 Å². The molecule has 0 unspecified atom stereocenters. The molecule has 6 heteroatoms. The maximum Gasteiger partial charge on any atom is 0.254 e. The third-order valence-corrected chi connectivity index (χ3v) is 4.91. The topological polar surface area (TPSA) is 65.6 Å². The summed E-state index contributed by atoms with van der Waals surface area (Å²) in [4.78, 5) is 31.9. The van der Waals surface area contributed by atoms with Crippen molar-refractivity contribution in [2.45, 2.75) is 20.3 Å². The number of carbonyl (C=O) groups is 2. The predicted molar refractivity (Wildman–Crippen MR) is 99.4 cm³/mol. The first kappa shape index (κ1) is 18.0. The molecule has 0 saturated carbocycles. The Hall–Kier alpha value is -2.76. The summed E-state index contributed by atoms with van der Waals surface area (Å²) in [6, 6.07) is 5.70. The largest absolute Gasteiger partial charge is 0.496 e. The minimum Gasteiger partial charge on any atom is -0.496 e. The highest BCUT2D eigenvalue weighted by atomic mass is 16.5. The van der Waals surface area contributed by atoms with Gasteiger partial charge in [0.25, 0.3) is 5.91 Å². The van der Waals surface area contributed by atoms with Gasteiger partial charge in [0.1, 0.15) is 5.75 Å². The van der Waals surface area contributed by atoms with Gasteiger partial charge in [-0.2, -0.15) is 0 Å². The molecular formula is C20H25N3O3. The van der Waals surface area contributed by atoms with Gasteiger partial charge in [-0.05, 0) is 48.7 Å². The molecule has 1 saturated heterocycles. The molecule has 6 nitrogen and oxygen atoms in total. The van der Waals surface area contributed by atoms with Crippen LogP contribution in [0.5, 0.6) is 5.75 Å². The highest BCUT2D eigenvalue weighted by molar-refractivity contribution is 5.96. The fraction of sp³-hybridized carbons (Fsp3) is 0.400. The van der Waals surface area contributed by atoms with Gasteiger partial charge in [-0.3, -0.25) is 9.59 Å². The summed E-state index contributed by atoms with van der Waals surface area (Å²) in [6.45, 7) is 6.12. The van der Waals surface area contributed by atoms with Crippen LogP contribution in [0, 0.1) is 13.8 Å². The second kappa shape index (κ2) is 7.64. The van der Waals surface area contributed by atoms with Crippen molar-refractivity contribution >= 4 is 11.8 Å². The van der Waals surface area contributed by atoms with E-state index in [1.54, 1.807) is 7.11 Å². The van der Waals surface area contributed by atoms with E-state index in [1.165, 1.54) is 0 Å². The number of methoxy groups -OCH3 is 1. The number of nitrogens with zero attached hydrogens (tertiary/aromatic N) is 2. The second-order valence-electron chi connectivity index (χ2n) is 6.71. The van der Waals surface area contributed by atoms with Crippen molar-refractivity contribution in [1.82, 2.24) is 14.8 Å². The van der Waals surface area contributed by atoms with Crippen LogP contribution in [0.1, 0.15) is 27.0 Å². The Morgan fingerprint density at radius 3 is 2.38 bits per heavy atom. The average Bonchev–Trinajstić information content (AvgIpc) is 3.15. The first-order valence-corrected chi connectivity index (χ1v) is 8.83. The Morgan fingerprint density at radius 2 is 1.77 bits per heavy atom. The Balaban J connectivity index is 1.62. The molecule has 0 bridgehead atoms. The van der Waals surface area contributed by atoms with E-state index in [9.17, 15) is 9.59 Å². The number of carbonyl (C=O) groups excluding carboxylic acids is 2. The standard InChI is InChI=1S/C20H25N3O3/c1-14-11-18(26-3)15(2)10-17(14)20(25)23-8-6-22(7-9-23)19(24)12-16-4-5-21-13-16/h4-5,10-11,13,21H,6-9,12H2,1-3H3. The van der Waals surface area contributed by atoms with Crippen molar-refractivity contribution in [3.05, 3.63) is 52.8 Å². The predicted octanol–water partition coefficient (Wildman–Crippen LogP) is 2.17. The number of rotatable bonds is 4. The van der Waals surface area contributed by atoms with Gasteiger partial charge in [0.15, 0.2) is 0 Å². The first-order valence-electron chi connectivity index (χ1n) is 8.83. The number of amides is 2. The number of nitrogens with one attached hydrogen (secondary N) is 1. The van der Waals surface area contributed by atoms with Crippen molar-refractivity contribution in [3.8, 4) is 5.75 Å². The molecule has 1 aromatic heterocycles. The molecule has 0 atom stereocenters. The summed E-state index contributed by atoms with van der Waals surface area (Å²) in [5.41, 5.74) is 3.54. The average molecular weight is 355 g/mol. The van der Waals surface area contributed by atoms with Crippen LogP contribution in [0.3, 0.4) is 0 Å². The molecule has 1 N–H and O–H groups in total. The Morgan fingerprint density at radius 1 is 1.08 bits per heavy atom. The van der Waals surface area contributed by atoms with Gasteiger partial charge in [-0.1, -0.05) is 0 Å². The normalized spacial score (nSPS) is 14.4. The number of aromatic nitrogens is 1. The van der Waals surface area contributed by atoms with Crippen LogP contribution in [-0.4, -0.2) is 59.9 Å². The van der Waals surface area contributed by atoms with Gasteiger partial charge in [-0.25, -0.2) is 0 Å². The van der Waals surface area contributed by atoms with E-state index in [2.05, 4.69) is 4.98 Å². The molecular weight excluding hydrogens is 330 g/mol. The zero-order valence-corrected chi connectivity index (χ0v) is 15.5. The van der Waals surface area contributed by atoms with Gasteiger partial charge in [0, 0.05) is 44.1 Å². The van der Waals surface area contributed by atoms with Gasteiger partial charge in [0.05, 0.1) is 13.5 Å². The van der Waals surface area contributed by atoms with Crippen LogP contribution in [-0.2, 0) is 11.2 Å². The van der Waals surface area contributed by atoms with Crippen molar-refractivity contribution in [2.75, 3.05) is 33.3 Å². The number of H-pyrrole nitrogens is 1. The summed E-state index contributed by atoms with van der Waals surface area (Å²) in [7, 11) is 1.63. The number of aryl methyl sites for hydroxylation is 2. The summed E-state index contributed by atoms with van der Waals surface area (Å²) in [6.07, 6.45) is 4.05. The van der Waals surface area contributed by atoms with Crippen LogP contribution in [0.25, 0.3) is 0 Å². The molecule has 2 aromatic rings. The smallest absolute Gasteiger partial charge is 0.254 e. The lowest BCUT2D eigenvalue weighted by molar-refractivity contribution is -0.131. The minimum absolute atomic E-state index is 0.0194. The molecule has 138 valence electrons. The zero-order valence-electron chi connectivity index (χ0n) is 15.5. The molecule has 3 rings (SSSR count). The van der Waals surface area contributed by atoms with Crippen LogP contribution >= 0.6 is 0 Å². The fourth-order valence-electron chi connectivity index (χ4n) is 3.32. The van der Waals surface area contributed by atoms with E-state index < -0.39 is 0 Å². The summed E-state index contributed by atoms with van der Waals surface area (Å²) in [5.74, 6) is 0.915. The van der Waals surface area contributed by atoms with Crippen molar-refractivity contribution in [3.63, 3.8) is 0 Å². The number of aromatic amines is 1. The van der Waals surface area contributed by atoms with Gasteiger partial charge in [0.2, 0.25) is 5.91 Å². The Labute approximate surface area is 153 Å². The lowest BCUT2D eigenvalue weighted by Crippen LogP contribution is -2.51. The highest BCUT2D eigenvalue weighted by Gasteiger charge is 2.26. The quantitative estimate of drug-likeness (QED) is 0.914. The molecule has 1 fully saturated rings. The van der Waals surface area contributed by atoms with Crippen molar-refractivity contribution < 1.29 is 14.3 Å². The van der Waals surface area contributed by atoms with E-state index in [4.69, 9.17) is 4.74 Å². The van der Waals surface area contributed by atoms with Gasteiger partial charge in [-0.15, -0.1) is 0 Å². The summed E-state index contributed by atoms with van der Waals surface area (Å²) >= 11 is 0. The molecule has 1 aromatic carbocycles. The summed E-state index contributed by atoms with van der Waals surface area (Å²) < 4.78 is 5.32. The molecule has 1 aliphatic rings. The zero-order chi connectivity index (χ0) is 18.7. The number of piperazine rings is 1. The molecule has 2 heterocycles. The number of hydrogen-bond acceptors (Lipinski definition) is 3. The number of benzene rings is 1. The lowest BCUT2D eigenvalue weighted by Gasteiger charge is -2.35. The molecule has 0 aliphatic carbocycles. The maximum absolute atomic E-state index is 12.9. The maximum atomic E-state index is 12.9. The highest BCUT2D eigenvalue weighted by Crippen LogP contribution is 2.24. The lowest BCUT2D eigenvalue weighted by atomic mass is 10.0. The molecule has 2 amide bonds. The van der Waals surface area contributed by atoms with Crippen molar-refractivity contribution in [1.29, 1.82) is 0 Å². The number of hydrogen-bond donors (Lipinski definition) is 1. The van der Waals surface area contributed by atoms with E-state index in [-0.39, 0.29) is 11.8 Å². The minimum atomic E-state index is 0.0194. The van der Waals surface area contributed by atoms with Crippen LogP contribution in [0.4, 0.5) is 0 Å². The molecule has 0 spiro atoms.